The molecule has 0 aromatic heterocycles. The van der Waals surface area contributed by atoms with E-state index in [1.54, 1.807) is 0 Å². The molecule has 1 saturated heterocycles. The standard InChI is InChI=1S/C15H22Cl2N2O2/c16-11-5-6-18(9-12(11)17)10-15(20)19-7-8-21-14-4-2-1-3-13(14)19/h13-14H,1-10H2/t13-,14-/m0/s1. The highest BCUT2D eigenvalue weighted by atomic mass is 35.5. The van der Waals surface area contributed by atoms with Crippen molar-refractivity contribution in [2.24, 2.45) is 0 Å². The SMILES string of the molecule is O=C(CN1CCC(Cl)=C(Cl)C1)N1CCO[C@H]2CCCC[C@@H]21. The third-order valence-corrected chi connectivity index (χ3v) is 5.58. The Balaban J connectivity index is 1.59. The molecule has 0 radical (unpaired) electrons. The molecule has 6 heteroatoms. The molecule has 0 spiro atoms. The maximum absolute atomic E-state index is 12.6. The molecule has 0 N–H and O–H groups in total. The number of fused-ring (bicyclic) bond motifs is 1. The molecule has 2 aliphatic heterocycles. The van der Waals surface area contributed by atoms with Crippen LogP contribution in [0.4, 0.5) is 0 Å². The van der Waals surface area contributed by atoms with Gasteiger partial charge < -0.3 is 9.64 Å². The van der Waals surface area contributed by atoms with E-state index in [2.05, 4.69) is 4.90 Å². The maximum atomic E-state index is 12.6. The van der Waals surface area contributed by atoms with Crippen molar-refractivity contribution in [3.05, 3.63) is 10.1 Å². The number of hydrogen-bond acceptors (Lipinski definition) is 3. The Morgan fingerprint density at radius 2 is 2.00 bits per heavy atom. The van der Waals surface area contributed by atoms with Crippen LogP contribution in [0.15, 0.2) is 10.1 Å². The van der Waals surface area contributed by atoms with Crippen molar-refractivity contribution in [2.75, 3.05) is 32.8 Å². The lowest BCUT2D eigenvalue weighted by Gasteiger charge is -2.44. The molecule has 0 aromatic carbocycles. The van der Waals surface area contributed by atoms with E-state index in [0.717, 1.165) is 37.4 Å². The van der Waals surface area contributed by atoms with E-state index in [9.17, 15) is 4.79 Å². The number of rotatable bonds is 2. The number of halogens is 2. The van der Waals surface area contributed by atoms with Gasteiger partial charge in [-0.25, -0.2) is 0 Å². The van der Waals surface area contributed by atoms with Gasteiger partial charge >= 0.3 is 0 Å². The van der Waals surface area contributed by atoms with Gasteiger partial charge in [0.05, 0.1) is 25.3 Å². The first-order valence-electron chi connectivity index (χ1n) is 7.81. The molecule has 0 bridgehead atoms. The fraction of sp³-hybridized carbons (Fsp3) is 0.800. The van der Waals surface area contributed by atoms with Gasteiger partial charge in [0.1, 0.15) is 0 Å². The van der Waals surface area contributed by atoms with Gasteiger partial charge in [0.15, 0.2) is 0 Å². The van der Waals surface area contributed by atoms with Crippen LogP contribution in [0.2, 0.25) is 0 Å². The second-order valence-electron chi connectivity index (χ2n) is 6.12. The molecular weight excluding hydrogens is 311 g/mol. The normalized spacial score (nSPS) is 31.2. The summed E-state index contributed by atoms with van der Waals surface area (Å²) >= 11 is 12.1. The predicted octanol–water partition coefficient (Wildman–Crippen LogP) is 2.55. The number of morpholine rings is 1. The molecule has 2 heterocycles. The lowest BCUT2D eigenvalue weighted by atomic mass is 9.90. The monoisotopic (exact) mass is 332 g/mol. The third-order valence-electron chi connectivity index (χ3n) is 4.72. The molecule has 118 valence electrons. The Kier molecular flexibility index (Phi) is 5.10. The average Bonchev–Trinajstić information content (AvgIpc) is 2.50. The van der Waals surface area contributed by atoms with Crippen LogP contribution in [0.5, 0.6) is 0 Å². The zero-order chi connectivity index (χ0) is 14.8. The van der Waals surface area contributed by atoms with Crippen LogP contribution >= 0.6 is 23.2 Å². The summed E-state index contributed by atoms with van der Waals surface area (Å²) in [7, 11) is 0. The first-order valence-corrected chi connectivity index (χ1v) is 8.57. The fourth-order valence-corrected chi connectivity index (χ4v) is 3.98. The fourth-order valence-electron chi connectivity index (χ4n) is 3.58. The summed E-state index contributed by atoms with van der Waals surface area (Å²) in [6.45, 7) is 3.21. The second kappa shape index (κ2) is 6.86. The van der Waals surface area contributed by atoms with Crippen molar-refractivity contribution in [2.45, 2.75) is 44.2 Å². The second-order valence-corrected chi connectivity index (χ2v) is 7.03. The zero-order valence-corrected chi connectivity index (χ0v) is 13.7. The minimum atomic E-state index is 0.206. The molecule has 0 aromatic rings. The number of carbonyl (C=O) groups excluding carboxylic acids is 1. The Bertz CT molecular complexity index is 439. The number of nitrogens with zero attached hydrogens (tertiary/aromatic N) is 2. The Hall–Kier alpha value is -0.290. The Morgan fingerprint density at radius 3 is 2.81 bits per heavy atom. The van der Waals surface area contributed by atoms with Gasteiger partial charge in [-0.05, 0) is 19.3 Å². The molecule has 1 saturated carbocycles. The summed E-state index contributed by atoms with van der Waals surface area (Å²) < 4.78 is 5.83. The molecule has 3 rings (SSSR count). The number of hydrogen-bond donors (Lipinski definition) is 0. The van der Waals surface area contributed by atoms with Crippen LogP contribution in [0, 0.1) is 0 Å². The lowest BCUT2D eigenvalue weighted by molar-refractivity contribution is -0.150. The van der Waals surface area contributed by atoms with Crippen molar-refractivity contribution < 1.29 is 9.53 Å². The molecule has 3 aliphatic rings. The van der Waals surface area contributed by atoms with Gasteiger partial charge in [-0.2, -0.15) is 0 Å². The van der Waals surface area contributed by atoms with E-state index >= 15 is 0 Å². The molecular formula is C15H22Cl2N2O2. The zero-order valence-electron chi connectivity index (χ0n) is 12.2. The van der Waals surface area contributed by atoms with E-state index in [0.29, 0.717) is 24.7 Å². The predicted molar refractivity (Wildman–Crippen MR) is 83.5 cm³/mol. The largest absolute Gasteiger partial charge is 0.374 e. The summed E-state index contributed by atoms with van der Waals surface area (Å²) in [5.41, 5.74) is 0. The molecule has 1 aliphatic carbocycles. The first kappa shape index (κ1) is 15.6. The molecule has 4 nitrogen and oxygen atoms in total. The smallest absolute Gasteiger partial charge is 0.237 e. The van der Waals surface area contributed by atoms with Crippen LogP contribution in [0.1, 0.15) is 32.1 Å². The maximum Gasteiger partial charge on any atom is 0.237 e. The van der Waals surface area contributed by atoms with Gasteiger partial charge in [-0.15, -0.1) is 0 Å². The summed E-state index contributed by atoms with van der Waals surface area (Å²) in [4.78, 5) is 16.8. The molecule has 1 amide bonds. The Labute approximate surface area is 136 Å². The van der Waals surface area contributed by atoms with E-state index in [4.69, 9.17) is 27.9 Å². The third kappa shape index (κ3) is 3.55. The van der Waals surface area contributed by atoms with Crippen LogP contribution < -0.4 is 0 Å². The minimum absolute atomic E-state index is 0.206. The van der Waals surface area contributed by atoms with E-state index in [-0.39, 0.29) is 18.1 Å². The van der Waals surface area contributed by atoms with Crippen molar-refractivity contribution in [3.8, 4) is 0 Å². The minimum Gasteiger partial charge on any atom is -0.374 e. The first-order chi connectivity index (χ1) is 10.1. The average molecular weight is 333 g/mol. The van der Waals surface area contributed by atoms with Gasteiger partial charge in [-0.3, -0.25) is 9.69 Å². The molecule has 0 unspecified atom stereocenters. The number of carbonyl (C=O) groups is 1. The highest BCUT2D eigenvalue weighted by Crippen LogP contribution is 2.29. The lowest BCUT2D eigenvalue weighted by Crippen LogP contribution is -2.57. The van der Waals surface area contributed by atoms with Crippen LogP contribution in [-0.2, 0) is 9.53 Å². The molecule has 21 heavy (non-hydrogen) atoms. The topological polar surface area (TPSA) is 32.8 Å². The van der Waals surface area contributed by atoms with Gasteiger partial charge in [0.25, 0.3) is 0 Å². The van der Waals surface area contributed by atoms with Gasteiger partial charge in [-0.1, -0.05) is 36.0 Å². The number of ether oxygens (including phenoxy) is 1. The van der Waals surface area contributed by atoms with Crippen molar-refractivity contribution in [1.82, 2.24) is 9.80 Å². The number of amides is 1. The highest BCUT2D eigenvalue weighted by Gasteiger charge is 2.37. The summed E-state index contributed by atoms with van der Waals surface area (Å²) in [6.07, 6.45) is 5.56. The molecule has 2 fully saturated rings. The summed E-state index contributed by atoms with van der Waals surface area (Å²) in [6, 6.07) is 0.277. The highest BCUT2D eigenvalue weighted by molar-refractivity contribution is 6.39. The quantitative estimate of drug-likeness (QED) is 0.779. The van der Waals surface area contributed by atoms with Crippen LogP contribution in [0.3, 0.4) is 0 Å². The van der Waals surface area contributed by atoms with Crippen molar-refractivity contribution in [3.63, 3.8) is 0 Å². The summed E-state index contributed by atoms with van der Waals surface area (Å²) in [5.74, 6) is 0.206. The van der Waals surface area contributed by atoms with Crippen molar-refractivity contribution >= 4 is 29.1 Å². The van der Waals surface area contributed by atoms with Crippen LogP contribution in [-0.4, -0.2) is 60.6 Å². The van der Waals surface area contributed by atoms with E-state index in [1.807, 2.05) is 4.90 Å². The molecule has 2 atom stereocenters. The van der Waals surface area contributed by atoms with Crippen molar-refractivity contribution in [1.29, 1.82) is 0 Å². The van der Waals surface area contributed by atoms with Gasteiger partial charge in [0.2, 0.25) is 5.91 Å². The van der Waals surface area contributed by atoms with E-state index in [1.165, 1.54) is 12.8 Å². The van der Waals surface area contributed by atoms with E-state index < -0.39 is 0 Å². The summed E-state index contributed by atoms with van der Waals surface area (Å²) in [5, 5.41) is 1.41. The van der Waals surface area contributed by atoms with Crippen LogP contribution in [0.25, 0.3) is 0 Å². The van der Waals surface area contributed by atoms with Gasteiger partial charge in [0, 0.05) is 29.7 Å². The Morgan fingerprint density at radius 1 is 1.19 bits per heavy atom.